The fourth-order valence-corrected chi connectivity index (χ4v) is 5.04. The van der Waals surface area contributed by atoms with Gasteiger partial charge in [-0.2, -0.15) is 0 Å². The van der Waals surface area contributed by atoms with Crippen LogP contribution < -0.4 is 14.4 Å². The number of carbonyl (C=O) groups is 1. The van der Waals surface area contributed by atoms with E-state index >= 15 is 0 Å². The van der Waals surface area contributed by atoms with E-state index in [1.165, 1.54) is 16.4 Å². The summed E-state index contributed by atoms with van der Waals surface area (Å²) >= 11 is 3.34. The number of anilines is 2. The number of ether oxygens (including phenoxy) is 1. The number of amides is 1. The second kappa shape index (κ2) is 8.49. The Morgan fingerprint density at radius 2 is 1.70 bits per heavy atom. The van der Waals surface area contributed by atoms with Gasteiger partial charge in [-0.3, -0.25) is 9.10 Å². The van der Waals surface area contributed by atoms with Crippen molar-refractivity contribution in [3.63, 3.8) is 0 Å². The van der Waals surface area contributed by atoms with E-state index in [9.17, 15) is 13.2 Å². The van der Waals surface area contributed by atoms with Crippen molar-refractivity contribution in [2.45, 2.75) is 11.3 Å². The number of benzene rings is 3. The topological polar surface area (TPSA) is 75.7 Å². The zero-order chi connectivity index (χ0) is 21.1. The number of hydrogen-bond acceptors (Lipinski definition) is 4. The molecule has 30 heavy (non-hydrogen) atoms. The number of hydrogen-bond donors (Lipinski definition) is 1. The highest BCUT2D eigenvalue weighted by Crippen LogP contribution is 2.33. The number of carbonyl (C=O) groups excluding carboxylic acids is 1. The first kappa shape index (κ1) is 20.4. The van der Waals surface area contributed by atoms with Crippen molar-refractivity contribution >= 4 is 43.2 Å². The molecule has 0 aliphatic carbocycles. The van der Waals surface area contributed by atoms with Crippen LogP contribution in [-0.2, 0) is 21.2 Å². The number of nitrogens with zero attached hydrogens (tertiary/aromatic N) is 1. The average molecular weight is 487 g/mol. The maximum absolute atomic E-state index is 13.0. The molecule has 0 saturated carbocycles. The van der Waals surface area contributed by atoms with Crippen LogP contribution in [0.15, 0.2) is 82.2 Å². The van der Waals surface area contributed by atoms with Gasteiger partial charge in [-0.15, -0.1) is 0 Å². The van der Waals surface area contributed by atoms with Crippen LogP contribution in [0.25, 0.3) is 0 Å². The van der Waals surface area contributed by atoms with Gasteiger partial charge in [0.1, 0.15) is 5.75 Å². The summed E-state index contributed by atoms with van der Waals surface area (Å²) in [6.45, 7) is 0.248. The molecule has 0 fully saturated rings. The Bertz CT molecular complexity index is 1160. The van der Waals surface area contributed by atoms with Gasteiger partial charge in [-0.25, -0.2) is 8.42 Å². The first-order chi connectivity index (χ1) is 14.4. The maximum atomic E-state index is 13.0. The smallest absolute Gasteiger partial charge is 0.264 e. The molecule has 154 valence electrons. The summed E-state index contributed by atoms with van der Waals surface area (Å²) in [4.78, 5) is 12.2. The Balaban J connectivity index is 1.39. The predicted octanol–water partition coefficient (Wildman–Crippen LogP) is 4.22. The van der Waals surface area contributed by atoms with E-state index in [0.29, 0.717) is 24.4 Å². The van der Waals surface area contributed by atoms with Gasteiger partial charge < -0.3 is 10.1 Å². The van der Waals surface area contributed by atoms with Gasteiger partial charge in [0, 0.05) is 16.7 Å². The quantitative estimate of drug-likeness (QED) is 0.565. The number of rotatable bonds is 6. The minimum Gasteiger partial charge on any atom is -0.484 e. The van der Waals surface area contributed by atoms with Crippen molar-refractivity contribution in [1.29, 1.82) is 0 Å². The Morgan fingerprint density at radius 3 is 2.43 bits per heavy atom. The zero-order valence-electron chi connectivity index (χ0n) is 15.9. The molecule has 0 atom stereocenters. The van der Waals surface area contributed by atoms with Gasteiger partial charge in [0.25, 0.3) is 15.9 Å². The fraction of sp³-hybridized carbons (Fsp3) is 0.136. The van der Waals surface area contributed by atoms with Crippen molar-refractivity contribution in [1.82, 2.24) is 0 Å². The molecule has 1 amide bonds. The van der Waals surface area contributed by atoms with Crippen LogP contribution in [0, 0.1) is 0 Å². The summed E-state index contributed by atoms with van der Waals surface area (Å²) in [5.74, 6) is 0.115. The van der Waals surface area contributed by atoms with Crippen LogP contribution in [0.4, 0.5) is 11.4 Å². The Morgan fingerprint density at radius 1 is 1.00 bits per heavy atom. The molecule has 1 heterocycles. The zero-order valence-corrected chi connectivity index (χ0v) is 18.3. The van der Waals surface area contributed by atoms with Gasteiger partial charge in [-0.05, 0) is 66.6 Å². The number of fused-ring (bicyclic) bond motifs is 1. The van der Waals surface area contributed by atoms with E-state index in [-0.39, 0.29) is 17.4 Å². The van der Waals surface area contributed by atoms with Crippen molar-refractivity contribution in [3.8, 4) is 5.75 Å². The molecule has 8 heteroatoms. The number of sulfonamides is 1. The molecule has 1 aliphatic rings. The molecule has 1 N–H and O–H groups in total. The molecular formula is C22H19BrN2O4S. The van der Waals surface area contributed by atoms with Crippen molar-refractivity contribution in [2.75, 3.05) is 22.8 Å². The standard InChI is InChI=1S/C22H19BrN2O4S/c23-17-5-7-18(8-6-17)24-22(26)15-29-19-9-11-20(12-10-19)30(27,28)25-14-13-16-3-1-2-4-21(16)25/h1-12H,13-15H2,(H,24,26). The Kier molecular flexibility index (Phi) is 5.78. The third-order valence-corrected chi connectivity index (χ3v) is 7.11. The first-order valence-corrected chi connectivity index (χ1v) is 11.6. The van der Waals surface area contributed by atoms with Gasteiger partial charge in [0.15, 0.2) is 6.61 Å². The van der Waals surface area contributed by atoms with Crippen LogP contribution in [0.3, 0.4) is 0 Å². The molecule has 4 rings (SSSR count). The summed E-state index contributed by atoms with van der Waals surface area (Å²) in [6.07, 6.45) is 0.698. The molecule has 0 spiro atoms. The molecule has 6 nitrogen and oxygen atoms in total. The maximum Gasteiger partial charge on any atom is 0.264 e. The average Bonchev–Trinajstić information content (AvgIpc) is 3.19. The third-order valence-electron chi connectivity index (χ3n) is 4.75. The first-order valence-electron chi connectivity index (χ1n) is 9.32. The molecule has 1 aliphatic heterocycles. The highest BCUT2D eigenvalue weighted by atomic mass is 79.9. The van der Waals surface area contributed by atoms with E-state index < -0.39 is 10.0 Å². The normalized spacial score (nSPS) is 13.0. The predicted molar refractivity (Wildman–Crippen MR) is 119 cm³/mol. The largest absolute Gasteiger partial charge is 0.484 e. The van der Waals surface area contributed by atoms with E-state index in [1.54, 1.807) is 24.3 Å². The second-order valence-corrected chi connectivity index (χ2v) is 9.55. The molecule has 0 radical (unpaired) electrons. The molecule has 0 bridgehead atoms. The molecule has 0 aromatic heterocycles. The van der Waals surface area contributed by atoms with Gasteiger partial charge in [-0.1, -0.05) is 34.1 Å². The second-order valence-electron chi connectivity index (χ2n) is 6.77. The Hall–Kier alpha value is -2.84. The number of para-hydroxylation sites is 1. The third kappa shape index (κ3) is 4.34. The van der Waals surface area contributed by atoms with Gasteiger partial charge in [0.2, 0.25) is 0 Å². The molecule has 0 unspecified atom stereocenters. The van der Waals surface area contributed by atoms with Crippen LogP contribution in [-0.4, -0.2) is 27.5 Å². The summed E-state index contributed by atoms with van der Waals surface area (Å²) in [7, 11) is -3.65. The molecule has 0 saturated heterocycles. The van der Waals surface area contributed by atoms with Crippen molar-refractivity contribution < 1.29 is 17.9 Å². The highest BCUT2D eigenvalue weighted by Gasteiger charge is 2.30. The number of nitrogens with one attached hydrogen (secondary N) is 1. The SMILES string of the molecule is O=C(COc1ccc(S(=O)(=O)N2CCc3ccccc32)cc1)Nc1ccc(Br)cc1. The monoisotopic (exact) mass is 486 g/mol. The number of halogens is 1. The lowest BCUT2D eigenvalue weighted by atomic mass is 10.2. The van der Waals surface area contributed by atoms with E-state index in [1.807, 2.05) is 36.4 Å². The minimum absolute atomic E-state index is 0.179. The van der Waals surface area contributed by atoms with E-state index in [4.69, 9.17) is 4.74 Å². The van der Waals surface area contributed by atoms with Crippen LogP contribution in [0.2, 0.25) is 0 Å². The molecular weight excluding hydrogens is 468 g/mol. The summed E-state index contributed by atoms with van der Waals surface area (Å²) in [5, 5.41) is 2.73. The van der Waals surface area contributed by atoms with Crippen LogP contribution in [0.1, 0.15) is 5.56 Å². The van der Waals surface area contributed by atoms with Crippen LogP contribution >= 0.6 is 15.9 Å². The molecule has 3 aromatic rings. The van der Waals surface area contributed by atoms with Crippen molar-refractivity contribution in [2.24, 2.45) is 0 Å². The lowest BCUT2D eigenvalue weighted by Gasteiger charge is -2.19. The lowest BCUT2D eigenvalue weighted by molar-refractivity contribution is -0.118. The van der Waals surface area contributed by atoms with E-state index in [2.05, 4.69) is 21.2 Å². The van der Waals surface area contributed by atoms with E-state index in [0.717, 1.165) is 15.7 Å². The summed E-state index contributed by atoms with van der Waals surface area (Å²) < 4.78 is 33.9. The van der Waals surface area contributed by atoms with Gasteiger partial charge >= 0.3 is 0 Å². The molecule has 3 aromatic carbocycles. The highest BCUT2D eigenvalue weighted by molar-refractivity contribution is 9.10. The summed E-state index contributed by atoms with van der Waals surface area (Å²) in [5.41, 5.74) is 2.42. The summed E-state index contributed by atoms with van der Waals surface area (Å²) in [6, 6.07) is 20.8. The lowest BCUT2D eigenvalue weighted by Crippen LogP contribution is -2.29. The van der Waals surface area contributed by atoms with Crippen molar-refractivity contribution in [3.05, 3.63) is 82.8 Å². The Labute approximate surface area is 183 Å². The minimum atomic E-state index is -3.65. The fourth-order valence-electron chi connectivity index (χ4n) is 3.27. The van der Waals surface area contributed by atoms with Gasteiger partial charge in [0.05, 0.1) is 10.6 Å². The van der Waals surface area contributed by atoms with Crippen LogP contribution in [0.5, 0.6) is 5.75 Å².